The number of ether oxygens (including phenoxy) is 2. The Morgan fingerprint density at radius 1 is 0.593 bits per heavy atom. The third-order valence-electron chi connectivity index (χ3n) is 8.40. The number of carbonyl (C=O) groups excluding carboxylic acids is 2. The molecule has 5 atom stereocenters. The molecule has 336 valence electrons. The second kappa shape index (κ2) is 40.2. The van der Waals surface area contributed by atoms with Crippen molar-refractivity contribution in [1.82, 2.24) is 0 Å². The molecule has 0 aliphatic heterocycles. The highest BCUT2D eigenvalue weighted by Crippen LogP contribution is 2.43. The molecule has 0 bridgehead atoms. The van der Waals surface area contributed by atoms with Crippen molar-refractivity contribution < 1.29 is 58.0 Å². The quantitative estimate of drug-likeness (QED) is 0.0130. The minimum Gasteiger partial charge on any atom is -0.462 e. The molecule has 5 N–H and O–H groups in total. The summed E-state index contributed by atoms with van der Waals surface area (Å²) in [7, 11) is -4.71. The monoisotopic (exact) mass is 850 g/mol. The first kappa shape index (κ1) is 55.8. The summed E-state index contributed by atoms with van der Waals surface area (Å²) >= 11 is 0. The number of carbonyl (C=O) groups is 2. The number of unbranched alkanes of at least 4 members (excludes halogenated alkanes) is 7. The van der Waals surface area contributed by atoms with Crippen LogP contribution in [0.1, 0.15) is 129 Å². The van der Waals surface area contributed by atoms with Crippen molar-refractivity contribution in [2.45, 2.75) is 154 Å². The van der Waals surface area contributed by atoms with E-state index in [-0.39, 0.29) is 25.7 Å². The highest BCUT2D eigenvalue weighted by molar-refractivity contribution is 7.47. The smallest absolute Gasteiger partial charge is 0.462 e. The Bertz CT molecular complexity index is 1330. The Morgan fingerprint density at radius 2 is 1.10 bits per heavy atom. The molecule has 0 aromatic rings. The number of phosphoric ester groups is 1. The number of aliphatic hydroxyl groups excluding tert-OH is 4. The lowest BCUT2D eigenvalue weighted by atomic mass is 10.1. The normalized spacial score (nSPS) is 15.8. The minimum atomic E-state index is -4.71. The Balaban J connectivity index is 4.69. The lowest BCUT2D eigenvalue weighted by molar-refractivity contribution is -0.161. The van der Waals surface area contributed by atoms with Gasteiger partial charge in [0, 0.05) is 12.8 Å². The van der Waals surface area contributed by atoms with Crippen molar-refractivity contribution in [3.05, 3.63) is 97.2 Å². The molecule has 0 saturated carbocycles. The molecule has 13 heteroatoms. The zero-order valence-electron chi connectivity index (χ0n) is 35.6. The van der Waals surface area contributed by atoms with Gasteiger partial charge in [-0.3, -0.25) is 18.6 Å². The molecule has 59 heavy (non-hydrogen) atoms. The predicted octanol–water partition coefficient (Wildman–Crippen LogP) is 9.16. The van der Waals surface area contributed by atoms with Crippen molar-refractivity contribution in [2.24, 2.45) is 0 Å². The SMILES string of the molecule is CCCCC/C=C\C/C=C\C/C=C\C/C=C\CCCC(=O)OC[C@H](COP(=O)(O)OC[C@@H](O)CO)OC(=O)CCC[C@@H](O)\C=C/C=C/C=C/[C@@H](O)C/C=C\CCCCC. The number of esters is 2. The van der Waals surface area contributed by atoms with Gasteiger partial charge in [-0.2, -0.15) is 0 Å². The molecular weight excluding hydrogens is 775 g/mol. The molecule has 1 unspecified atom stereocenters. The summed E-state index contributed by atoms with van der Waals surface area (Å²) in [5.41, 5.74) is 0. The van der Waals surface area contributed by atoms with Gasteiger partial charge in [0.25, 0.3) is 0 Å². The van der Waals surface area contributed by atoms with Crippen LogP contribution in [-0.2, 0) is 32.7 Å². The van der Waals surface area contributed by atoms with E-state index in [0.717, 1.165) is 38.5 Å². The second-order valence-electron chi connectivity index (χ2n) is 14.1. The van der Waals surface area contributed by atoms with E-state index in [4.69, 9.17) is 19.1 Å². The van der Waals surface area contributed by atoms with Crippen molar-refractivity contribution >= 4 is 19.8 Å². The average molecular weight is 851 g/mol. The van der Waals surface area contributed by atoms with Crippen LogP contribution < -0.4 is 0 Å². The van der Waals surface area contributed by atoms with Gasteiger partial charge in [-0.05, 0) is 77.0 Å². The summed E-state index contributed by atoms with van der Waals surface area (Å²) in [4.78, 5) is 35.0. The first-order valence-corrected chi connectivity index (χ1v) is 22.9. The molecule has 0 spiro atoms. The fraction of sp³-hybridized carbons (Fsp3) is 0.609. The number of phosphoric acid groups is 1. The van der Waals surface area contributed by atoms with Crippen LogP contribution in [-0.4, -0.2) is 88.1 Å². The van der Waals surface area contributed by atoms with Crippen molar-refractivity contribution in [2.75, 3.05) is 26.4 Å². The molecule has 0 radical (unpaired) electrons. The van der Waals surface area contributed by atoms with Gasteiger partial charge in [-0.15, -0.1) is 0 Å². The maximum Gasteiger partial charge on any atom is 0.472 e. The van der Waals surface area contributed by atoms with Crippen molar-refractivity contribution in [3.8, 4) is 0 Å². The van der Waals surface area contributed by atoms with Gasteiger partial charge < -0.3 is 34.8 Å². The van der Waals surface area contributed by atoms with E-state index >= 15 is 0 Å². The van der Waals surface area contributed by atoms with E-state index in [2.05, 4.69) is 60.9 Å². The Kier molecular flexibility index (Phi) is 38.1. The Hall–Kier alpha value is -3.19. The van der Waals surface area contributed by atoms with Crippen LogP contribution in [0.25, 0.3) is 0 Å². The molecule has 0 aromatic heterocycles. The second-order valence-corrected chi connectivity index (χ2v) is 15.5. The van der Waals surface area contributed by atoms with E-state index in [1.54, 1.807) is 36.5 Å². The molecule has 12 nitrogen and oxygen atoms in total. The van der Waals surface area contributed by atoms with E-state index in [0.29, 0.717) is 19.3 Å². The van der Waals surface area contributed by atoms with Gasteiger partial charge in [-0.25, -0.2) is 4.57 Å². The summed E-state index contributed by atoms with van der Waals surface area (Å²) in [5, 5.41) is 38.6. The zero-order valence-corrected chi connectivity index (χ0v) is 36.5. The Labute approximate surface area is 354 Å². The van der Waals surface area contributed by atoms with E-state index in [1.165, 1.54) is 32.1 Å². The Morgan fingerprint density at radius 3 is 1.68 bits per heavy atom. The van der Waals surface area contributed by atoms with Crippen LogP contribution in [0, 0.1) is 0 Å². The highest BCUT2D eigenvalue weighted by Gasteiger charge is 2.27. The van der Waals surface area contributed by atoms with Crippen molar-refractivity contribution in [3.63, 3.8) is 0 Å². The average Bonchev–Trinajstić information content (AvgIpc) is 3.21. The van der Waals surface area contributed by atoms with Gasteiger partial charge in [0.15, 0.2) is 6.10 Å². The number of hydrogen-bond acceptors (Lipinski definition) is 11. The van der Waals surface area contributed by atoms with E-state index in [9.17, 15) is 34.4 Å². The molecule has 0 heterocycles. The van der Waals surface area contributed by atoms with Crippen LogP contribution >= 0.6 is 7.82 Å². The van der Waals surface area contributed by atoms with Crippen LogP contribution in [0.5, 0.6) is 0 Å². The predicted molar refractivity (Wildman–Crippen MR) is 235 cm³/mol. The maximum absolute atomic E-state index is 12.6. The molecular formula is C46H75O12P. The lowest BCUT2D eigenvalue weighted by Gasteiger charge is -2.20. The third kappa shape index (κ3) is 40.0. The molecule has 0 amide bonds. The lowest BCUT2D eigenvalue weighted by Crippen LogP contribution is -2.30. The largest absolute Gasteiger partial charge is 0.472 e. The van der Waals surface area contributed by atoms with Gasteiger partial charge in [0.2, 0.25) is 0 Å². The topological polar surface area (TPSA) is 189 Å². The number of hydrogen-bond donors (Lipinski definition) is 5. The molecule has 0 aromatic carbocycles. The third-order valence-corrected chi connectivity index (χ3v) is 9.35. The van der Waals surface area contributed by atoms with Crippen LogP contribution in [0.15, 0.2) is 97.2 Å². The summed E-state index contributed by atoms with van der Waals surface area (Å²) in [6.07, 6.45) is 41.5. The fourth-order valence-corrected chi connectivity index (χ4v) is 5.79. The van der Waals surface area contributed by atoms with E-state index < -0.39 is 70.6 Å². The maximum atomic E-state index is 12.6. The fourth-order valence-electron chi connectivity index (χ4n) is 5.00. The number of rotatable bonds is 38. The van der Waals surface area contributed by atoms with Crippen molar-refractivity contribution in [1.29, 1.82) is 0 Å². The van der Waals surface area contributed by atoms with Gasteiger partial charge in [-0.1, -0.05) is 137 Å². The molecule has 0 rings (SSSR count). The van der Waals surface area contributed by atoms with Gasteiger partial charge in [0.1, 0.15) is 12.7 Å². The van der Waals surface area contributed by atoms with E-state index in [1.807, 2.05) is 18.2 Å². The zero-order chi connectivity index (χ0) is 43.7. The number of allylic oxidation sites excluding steroid dienone is 13. The minimum absolute atomic E-state index is 0.0933. The molecule has 0 saturated heterocycles. The highest BCUT2D eigenvalue weighted by atomic mass is 31.2. The summed E-state index contributed by atoms with van der Waals surface area (Å²) < 4.78 is 32.4. The molecule has 0 fully saturated rings. The standard InChI is InChI=1S/C46H75O12P/c1-3-5-7-9-11-12-13-14-15-16-17-18-19-20-21-23-29-35-45(51)55-39-44(40-57-59(53,54)56-38-43(50)37-47)58-46(52)36-30-34-42(49)33-28-25-24-27-32-41(48)31-26-22-10-8-6-4-2/h11-12,14-15,17-18,20-22,24-28,32-33,41-44,47-50H,3-10,13,16,19,23,29-31,34-40H2,1-2H3,(H,53,54)/b12-11-,15-14-,18-17-,21-20-,25-24+,26-22-,32-27+,33-28-/t41-,42-,43-,44+/m0/s1. The first-order valence-electron chi connectivity index (χ1n) is 21.4. The summed E-state index contributed by atoms with van der Waals surface area (Å²) in [6.45, 7) is 1.91. The summed E-state index contributed by atoms with van der Waals surface area (Å²) in [6, 6.07) is 0. The van der Waals surface area contributed by atoms with Crippen LogP contribution in [0.3, 0.4) is 0 Å². The number of aliphatic hydroxyl groups is 4. The van der Waals surface area contributed by atoms with Crippen LogP contribution in [0.4, 0.5) is 0 Å². The van der Waals surface area contributed by atoms with Gasteiger partial charge >= 0.3 is 19.8 Å². The molecule has 0 aliphatic carbocycles. The van der Waals surface area contributed by atoms with Crippen LogP contribution in [0.2, 0.25) is 0 Å². The molecule has 0 aliphatic rings. The summed E-state index contributed by atoms with van der Waals surface area (Å²) in [5.74, 6) is -1.24. The first-order chi connectivity index (χ1) is 28.5. The van der Waals surface area contributed by atoms with Gasteiger partial charge in [0.05, 0.1) is 32.0 Å².